The number of sulfone groups is 1. The third kappa shape index (κ3) is 6.16. The lowest BCUT2D eigenvalue weighted by Crippen LogP contribution is -2.29. The molecular formula is C21H28N4O3S. The lowest BCUT2D eigenvalue weighted by molar-refractivity contribution is -0.113. The number of carbonyl (C=O) groups excluding carboxylic acids is 1. The molecule has 0 unspecified atom stereocenters. The minimum atomic E-state index is -3.67. The molecule has 0 spiro atoms. The molecule has 1 aromatic carbocycles. The smallest absolute Gasteiger partial charge is 0.240 e. The highest BCUT2D eigenvalue weighted by molar-refractivity contribution is 7.91. The Morgan fingerprint density at radius 1 is 1.14 bits per heavy atom. The maximum Gasteiger partial charge on any atom is 0.240 e. The lowest BCUT2D eigenvalue weighted by Gasteiger charge is -2.23. The zero-order chi connectivity index (χ0) is 22.0. The van der Waals surface area contributed by atoms with Gasteiger partial charge in [0.15, 0.2) is 9.84 Å². The molecule has 7 nitrogen and oxygen atoms in total. The van der Waals surface area contributed by atoms with Crippen LogP contribution >= 0.6 is 0 Å². The Morgan fingerprint density at radius 3 is 2.21 bits per heavy atom. The summed E-state index contributed by atoms with van der Waals surface area (Å²) in [6, 6.07) is 10.0. The molecule has 29 heavy (non-hydrogen) atoms. The van der Waals surface area contributed by atoms with Gasteiger partial charge in [0.1, 0.15) is 11.6 Å². The van der Waals surface area contributed by atoms with E-state index >= 15 is 0 Å². The molecule has 0 bridgehead atoms. The highest BCUT2D eigenvalue weighted by atomic mass is 32.2. The van der Waals surface area contributed by atoms with Crippen molar-refractivity contribution >= 4 is 21.6 Å². The minimum absolute atomic E-state index is 0.211. The molecule has 1 aromatic heterocycles. The summed E-state index contributed by atoms with van der Waals surface area (Å²) in [6.45, 7) is 12.0. The molecule has 0 aliphatic heterocycles. The highest BCUT2D eigenvalue weighted by Crippen LogP contribution is 2.28. The number of aromatic nitrogens is 2. The number of hydrogen-bond acceptors (Lipinski definition) is 5. The van der Waals surface area contributed by atoms with E-state index in [0.717, 1.165) is 5.69 Å². The van der Waals surface area contributed by atoms with E-state index in [1.165, 1.54) is 0 Å². The van der Waals surface area contributed by atoms with E-state index in [1.54, 1.807) is 35.0 Å². The van der Waals surface area contributed by atoms with E-state index in [4.69, 9.17) is 5.26 Å². The average Bonchev–Trinajstić information content (AvgIpc) is 2.98. The highest BCUT2D eigenvalue weighted by Gasteiger charge is 2.26. The number of nitriles is 1. The molecule has 1 amide bonds. The Labute approximate surface area is 172 Å². The van der Waals surface area contributed by atoms with Crippen molar-refractivity contribution in [1.82, 2.24) is 9.78 Å². The molecule has 1 N–H and O–H groups in total. The van der Waals surface area contributed by atoms with Gasteiger partial charge >= 0.3 is 0 Å². The predicted molar refractivity (Wildman–Crippen MR) is 113 cm³/mol. The molecule has 8 heteroatoms. The van der Waals surface area contributed by atoms with Crippen LogP contribution in [0.1, 0.15) is 58.4 Å². The minimum Gasteiger partial charge on any atom is -0.310 e. The first kappa shape index (κ1) is 22.6. The van der Waals surface area contributed by atoms with Crippen LogP contribution in [-0.2, 0) is 31.3 Å². The third-order valence-corrected chi connectivity index (χ3v) is 5.68. The van der Waals surface area contributed by atoms with Crippen molar-refractivity contribution in [3.05, 3.63) is 47.2 Å². The van der Waals surface area contributed by atoms with Crippen molar-refractivity contribution in [2.75, 3.05) is 11.1 Å². The van der Waals surface area contributed by atoms with E-state index < -0.39 is 21.5 Å². The quantitative estimate of drug-likeness (QED) is 0.805. The molecule has 156 valence electrons. The molecule has 2 aromatic rings. The van der Waals surface area contributed by atoms with Gasteiger partial charge in [0.25, 0.3) is 0 Å². The molecule has 0 atom stereocenters. The summed E-state index contributed by atoms with van der Waals surface area (Å²) < 4.78 is 26.6. The van der Waals surface area contributed by atoms with E-state index in [-0.39, 0.29) is 16.7 Å². The first-order valence-electron chi connectivity index (χ1n) is 9.32. The fourth-order valence-electron chi connectivity index (χ4n) is 2.71. The molecule has 0 radical (unpaired) electrons. The maximum absolute atomic E-state index is 12.5. The summed E-state index contributed by atoms with van der Waals surface area (Å²) in [4.78, 5) is 12.5. The van der Waals surface area contributed by atoms with Gasteiger partial charge in [-0.3, -0.25) is 4.79 Å². The van der Waals surface area contributed by atoms with E-state index in [0.29, 0.717) is 16.9 Å². The number of benzene rings is 1. The number of hydrogen-bond donors (Lipinski definition) is 1. The summed E-state index contributed by atoms with van der Waals surface area (Å²) in [5.74, 6) is -1.03. The number of anilines is 1. The fraction of sp³-hybridized carbons (Fsp3) is 0.476. The number of rotatable bonds is 5. The zero-order valence-corrected chi connectivity index (χ0v) is 18.6. The Bertz CT molecular complexity index is 1030. The summed E-state index contributed by atoms with van der Waals surface area (Å²) in [7, 11) is -3.67. The summed E-state index contributed by atoms with van der Waals surface area (Å²) in [5, 5.41) is 16.1. The van der Waals surface area contributed by atoms with E-state index in [2.05, 4.69) is 10.4 Å². The molecule has 2 rings (SSSR count). The van der Waals surface area contributed by atoms with Crippen molar-refractivity contribution in [3.63, 3.8) is 0 Å². The van der Waals surface area contributed by atoms with Gasteiger partial charge in [-0.05, 0) is 38.5 Å². The molecule has 0 aliphatic rings. The SMILES string of the molecule is CC(C)(C)c1cc(NC(=O)CS(=O)(=O)Cc2ccc(C#N)cc2)n(C(C)(C)C)n1. The van der Waals surface area contributed by atoms with Crippen LogP contribution in [-0.4, -0.2) is 29.9 Å². The Morgan fingerprint density at radius 2 is 1.72 bits per heavy atom. The number of nitrogens with one attached hydrogen (secondary N) is 1. The monoisotopic (exact) mass is 416 g/mol. The number of amides is 1. The fourth-order valence-corrected chi connectivity index (χ4v) is 3.98. The average molecular weight is 417 g/mol. The van der Waals surface area contributed by atoms with Crippen molar-refractivity contribution in [3.8, 4) is 6.07 Å². The molecule has 0 aliphatic carbocycles. The maximum atomic E-state index is 12.5. The van der Waals surface area contributed by atoms with Gasteiger partial charge in [-0.15, -0.1) is 0 Å². The Hall–Kier alpha value is -2.66. The van der Waals surface area contributed by atoms with Crippen LogP contribution in [0.5, 0.6) is 0 Å². The number of nitrogens with zero attached hydrogens (tertiary/aromatic N) is 3. The normalized spacial score (nSPS) is 12.4. The van der Waals surface area contributed by atoms with Crippen LogP contribution < -0.4 is 5.32 Å². The van der Waals surface area contributed by atoms with Gasteiger partial charge in [-0.2, -0.15) is 10.4 Å². The van der Waals surface area contributed by atoms with Gasteiger partial charge in [0, 0.05) is 11.5 Å². The van der Waals surface area contributed by atoms with E-state index in [9.17, 15) is 13.2 Å². The second-order valence-corrected chi connectivity index (χ2v) is 11.2. The van der Waals surface area contributed by atoms with Crippen LogP contribution in [0.15, 0.2) is 30.3 Å². The van der Waals surface area contributed by atoms with E-state index in [1.807, 2.05) is 47.6 Å². The van der Waals surface area contributed by atoms with Crippen molar-refractivity contribution in [2.45, 2.75) is 58.2 Å². The first-order valence-corrected chi connectivity index (χ1v) is 11.1. The predicted octanol–water partition coefficient (Wildman–Crippen LogP) is 3.36. The van der Waals surface area contributed by atoms with Gasteiger partial charge in [0.2, 0.25) is 5.91 Å². The van der Waals surface area contributed by atoms with Gasteiger partial charge in [-0.25, -0.2) is 13.1 Å². The van der Waals surface area contributed by atoms with Crippen LogP contribution in [0, 0.1) is 11.3 Å². The van der Waals surface area contributed by atoms with Crippen molar-refractivity contribution in [2.24, 2.45) is 0 Å². The molecular weight excluding hydrogens is 388 g/mol. The van der Waals surface area contributed by atoms with Gasteiger partial charge < -0.3 is 5.32 Å². The van der Waals surface area contributed by atoms with Gasteiger partial charge in [0.05, 0.1) is 28.6 Å². The lowest BCUT2D eigenvalue weighted by atomic mass is 9.92. The first-order chi connectivity index (χ1) is 13.2. The van der Waals surface area contributed by atoms with Crippen molar-refractivity contribution < 1.29 is 13.2 Å². The second-order valence-electron chi connectivity index (χ2n) is 9.14. The zero-order valence-electron chi connectivity index (χ0n) is 17.8. The molecule has 0 saturated carbocycles. The van der Waals surface area contributed by atoms with Crippen LogP contribution in [0.2, 0.25) is 0 Å². The van der Waals surface area contributed by atoms with Gasteiger partial charge in [-0.1, -0.05) is 32.9 Å². The largest absolute Gasteiger partial charge is 0.310 e. The van der Waals surface area contributed by atoms with Crippen LogP contribution in [0.3, 0.4) is 0 Å². The summed E-state index contributed by atoms with van der Waals surface area (Å²) in [5.41, 5.74) is 1.20. The Kier molecular flexibility index (Phi) is 6.24. The topological polar surface area (TPSA) is 105 Å². The molecule has 0 fully saturated rings. The second kappa shape index (κ2) is 7.99. The number of carbonyl (C=O) groups is 1. The van der Waals surface area contributed by atoms with Crippen molar-refractivity contribution in [1.29, 1.82) is 5.26 Å². The molecule has 1 heterocycles. The summed E-state index contributed by atoms with van der Waals surface area (Å²) >= 11 is 0. The molecule has 0 saturated heterocycles. The van der Waals surface area contributed by atoms with Crippen LogP contribution in [0.4, 0.5) is 5.82 Å². The van der Waals surface area contributed by atoms with Crippen LogP contribution in [0.25, 0.3) is 0 Å². The summed E-state index contributed by atoms with van der Waals surface area (Å²) in [6.07, 6.45) is 0. The Balaban J connectivity index is 2.17. The standard InChI is InChI=1S/C21H28N4O3S/c1-20(2,3)17-11-18(25(24-17)21(4,5)6)23-19(26)14-29(27,28)13-16-9-7-15(12-22)8-10-16/h7-11H,13-14H2,1-6H3,(H,23,26). The third-order valence-electron chi connectivity index (χ3n) is 4.20.